The molecule has 1 rings (SSSR count). The lowest BCUT2D eigenvalue weighted by atomic mass is 9.89. The Kier molecular flexibility index (Phi) is 3.38. The van der Waals surface area contributed by atoms with Gasteiger partial charge in [0.25, 0.3) is 0 Å². The molecular formula is C10H21N. The summed E-state index contributed by atoms with van der Waals surface area (Å²) in [6.45, 7) is 8.21. The molecule has 1 heterocycles. The highest BCUT2D eigenvalue weighted by Gasteiger charge is 2.23. The fraction of sp³-hybridized carbons (Fsp3) is 1.00. The van der Waals surface area contributed by atoms with Crippen molar-refractivity contribution in [2.75, 3.05) is 6.54 Å². The summed E-state index contributed by atoms with van der Waals surface area (Å²) in [5.74, 6) is 1.87. The maximum Gasteiger partial charge on any atom is 0.00675 e. The van der Waals surface area contributed by atoms with E-state index in [4.69, 9.17) is 0 Å². The summed E-state index contributed by atoms with van der Waals surface area (Å²) >= 11 is 0. The molecule has 0 spiro atoms. The lowest BCUT2D eigenvalue weighted by Crippen LogP contribution is -2.23. The van der Waals surface area contributed by atoms with Gasteiger partial charge in [-0.2, -0.15) is 0 Å². The van der Waals surface area contributed by atoms with Crippen LogP contribution in [0.25, 0.3) is 0 Å². The monoisotopic (exact) mass is 155 g/mol. The van der Waals surface area contributed by atoms with Crippen molar-refractivity contribution in [2.24, 2.45) is 11.8 Å². The van der Waals surface area contributed by atoms with Crippen molar-refractivity contribution in [3.8, 4) is 0 Å². The van der Waals surface area contributed by atoms with Gasteiger partial charge in [-0.05, 0) is 38.1 Å². The van der Waals surface area contributed by atoms with E-state index in [9.17, 15) is 0 Å². The summed E-state index contributed by atoms with van der Waals surface area (Å²) in [6.07, 6.45) is 4.15. The Labute approximate surface area is 70.6 Å². The van der Waals surface area contributed by atoms with E-state index in [1.54, 1.807) is 0 Å². The van der Waals surface area contributed by atoms with Gasteiger partial charge in [-0.15, -0.1) is 0 Å². The van der Waals surface area contributed by atoms with Gasteiger partial charge in [0.15, 0.2) is 0 Å². The lowest BCUT2D eigenvalue weighted by Gasteiger charge is -2.18. The third-order valence-electron chi connectivity index (χ3n) is 3.09. The molecule has 0 aromatic rings. The lowest BCUT2D eigenvalue weighted by molar-refractivity contribution is 0.360. The van der Waals surface area contributed by atoms with Crippen LogP contribution in [0.15, 0.2) is 0 Å². The van der Waals surface area contributed by atoms with E-state index < -0.39 is 0 Å². The maximum atomic E-state index is 3.50. The van der Waals surface area contributed by atoms with Gasteiger partial charge in [-0.3, -0.25) is 0 Å². The van der Waals surface area contributed by atoms with Crippen LogP contribution in [-0.2, 0) is 0 Å². The van der Waals surface area contributed by atoms with Crippen LogP contribution >= 0.6 is 0 Å². The second-order valence-corrected chi connectivity index (χ2v) is 4.04. The number of hydrogen-bond donors (Lipinski definition) is 1. The van der Waals surface area contributed by atoms with Gasteiger partial charge in [0.2, 0.25) is 0 Å². The number of rotatable bonds is 3. The van der Waals surface area contributed by atoms with Crippen LogP contribution in [-0.4, -0.2) is 12.6 Å². The third-order valence-corrected chi connectivity index (χ3v) is 3.09. The van der Waals surface area contributed by atoms with Crippen LogP contribution in [0.1, 0.15) is 40.0 Å². The van der Waals surface area contributed by atoms with Crippen molar-refractivity contribution in [3.63, 3.8) is 0 Å². The molecule has 0 amide bonds. The summed E-state index contributed by atoms with van der Waals surface area (Å²) in [4.78, 5) is 0. The smallest absolute Gasteiger partial charge is 0.00675 e. The van der Waals surface area contributed by atoms with Crippen molar-refractivity contribution in [2.45, 2.75) is 46.1 Å². The van der Waals surface area contributed by atoms with Crippen LogP contribution in [0.2, 0.25) is 0 Å². The molecule has 3 atom stereocenters. The second-order valence-electron chi connectivity index (χ2n) is 4.04. The van der Waals surface area contributed by atoms with Crippen molar-refractivity contribution in [1.82, 2.24) is 5.32 Å². The summed E-state index contributed by atoms with van der Waals surface area (Å²) in [6, 6.07) is 0.768. The molecule has 1 heteroatoms. The third kappa shape index (κ3) is 2.48. The Hall–Kier alpha value is -0.0400. The van der Waals surface area contributed by atoms with E-state index in [2.05, 4.69) is 26.1 Å². The largest absolute Gasteiger partial charge is 0.314 e. The predicted octanol–water partition coefficient (Wildman–Crippen LogP) is 2.42. The predicted molar refractivity (Wildman–Crippen MR) is 49.6 cm³/mol. The number of hydrogen-bond acceptors (Lipinski definition) is 1. The first kappa shape index (κ1) is 9.05. The molecule has 1 aliphatic heterocycles. The quantitative estimate of drug-likeness (QED) is 0.660. The van der Waals surface area contributed by atoms with Crippen molar-refractivity contribution >= 4 is 0 Å². The zero-order valence-electron chi connectivity index (χ0n) is 8.06. The first-order valence-corrected chi connectivity index (χ1v) is 4.97. The molecule has 1 nitrogen and oxygen atoms in total. The van der Waals surface area contributed by atoms with E-state index in [0.29, 0.717) is 0 Å². The summed E-state index contributed by atoms with van der Waals surface area (Å²) in [5, 5.41) is 3.50. The molecule has 1 aliphatic rings. The maximum absolute atomic E-state index is 3.50. The van der Waals surface area contributed by atoms with E-state index in [0.717, 1.165) is 17.9 Å². The first-order valence-electron chi connectivity index (χ1n) is 4.97. The molecule has 1 saturated heterocycles. The number of nitrogens with one attached hydrogen (secondary N) is 1. The van der Waals surface area contributed by atoms with Gasteiger partial charge in [0.05, 0.1) is 0 Å². The van der Waals surface area contributed by atoms with Crippen molar-refractivity contribution < 1.29 is 0 Å². The van der Waals surface area contributed by atoms with E-state index in [1.165, 1.54) is 25.8 Å². The van der Waals surface area contributed by atoms with Crippen LogP contribution in [0.4, 0.5) is 0 Å². The summed E-state index contributed by atoms with van der Waals surface area (Å²) in [7, 11) is 0. The highest BCUT2D eigenvalue weighted by molar-refractivity contribution is 4.80. The first-order chi connectivity index (χ1) is 5.24. The Bertz CT molecular complexity index is 111. The summed E-state index contributed by atoms with van der Waals surface area (Å²) < 4.78 is 0. The van der Waals surface area contributed by atoms with Crippen LogP contribution in [0, 0.1) is 11.8 Å². The zero-order chi connectivity index (χ0) is 8.27. The average Bonchev–Trinajstić information content (AvgIpc) is 2.37. The van der Waals surface area contributed by atoms with Gasteiger partial charge >= 0.3 is 0 Å². The molecule has 0 aliphatic carbocycles. The van der Waals surface area contributed by atoms with Crippen LogP contribution < -0.4 is 5.32 Å². The molecule has 1 fully saturated rings. The normalized spacial score (nSPS) is 34.1. The molecule has 0 radical (unpaired) electrons. The minimum atomic E-state index is 0.768. The average molecular weight is 155 g/mol. The highest BCUT2D eigenvalue weighted by atomic mass is 14.9. The van der Waals surface area contributed by atoms with E-state index >= 15 is 0 Å². The molecule has 3 unspecified atom stereocenters. The minimum absolute atomic E-state index is 0.768. The molecular weight excluding hydrogens is 134 g/mol. The molecule has 11 heavy (non-hydrogen) atoms. The van der Waals surface area contributed by atoms with Crippen molar-refractivity contribution in [1.29, 1.82) is 0 Å². The highest BCUT2D eigenvalue weighted by Crippen LogP contribution is 2.24. The molecule has 0 saturated carbocycles. The van der Waals surface area contributed by atoms with Gasteiger partial charge in [-0.25, -0.2) is 0 Å². The molecule has 0 aromatic heterocycles. The van der Waals surface area contributed by atoms with E-state index in [-0.39, 0.29) is 0 Å². The Balaban J connectivity index is 2.24. The minimum Gasteiger partial charge on any atom is -0.314 e. The Morgan fingerprint density at radius 2 is 2.27 bits per heavy atom. The topological polar surface area (TPSA) is 12.0 Å². The van der Waals surface area contributed by atoms with E-state index in [1.807, 2.05) is 0 Å². The molecule has 1 N–H and O–H groups in total. The van der Waals surface area contributed by atoms with Crippen LogP contribution in [0.5, 0.6) is 0 Å². The standard InChI is InChI=1S/C10H21N/c1-4-8(2)7-10-5-6-11-9(10)3/h8-11H,4-7H2,1-3H3. The van der Waals surface area contributed by atoms with Gasteiger partial charge in [0.1, 0.15) is 0 Å². The SMILES string of the molecule is CCC(C)CC1CCNC1C. The summed E-state index contributed by atoms with van der Waals surface area (Å²) in [5.41, 5.74) is 0. The zero-order valence-corrected chi connectivity index (χ0v) is 8.06. The van der Waals surface area contributed by atoms with Crippen LogP contribution in [0.3, 0.4) is 0 Å². The van der Waals surface area contributed by atoms with Crippen molar-refractivity contribution in [3.05, 3.63) is 0 Å². The fourth-order valence-electron chi connectivity index (χ4n) is 1.92. The molecule has 66 valence electrons. The van der Waals surface area contributed by atoms with Gasteiger partial charge in [0, 0.05) is 6.04 Å². The van der Waals surface area contributed by atoms with Gasteiger partial charge in [-0.1, -0.05) is 20.3 Å². The fourth-order valence-corrected chi connectivity index (χ4v) is 1.92. The molecule has 0 bridgehead atoms. The Morgan fingerprint density at radius 1 is 1.55 bits per heavy atom. The second kappa shape index (κ2) is 4.10. The molecule has 0 aromatic carbocycles. The van der Waals surface area contributed by atoms with Gasteiger partial charge < -0.3 is 5.32 Å². The Morgan fingerprint density at radius 3 is 2.73 bits per heavy atom.